The largest absolute Gasteiger partial charge is 0.507 e. The van der Waals surface area contributed by atoms with E-state index >= 15 is 0 Å². The van der Waals surface area contributed by atoms with E-state index in [4.69, 9.17) is 26.2 Å². The van der Waals surface area contributed by atoms with Crippen LogP contribution in [0.4, 0.5) is 0 Å². The van der Waals surface area contributed by atoms with E-state index in [0.29, 0.717) is 21.9 Å². The number of aliphatic hydroxyl groups is 2. The first-order chi connectivity index (χ1) is 14.5. The number of ether oxygens (including phenoxy) is 2. The second-order valence-electron chi connectivity index (χ2n) is 6.58. The number of carbonyl (C=O) groups excluding carboxylic acids is 2. The molecule has 1 heterocycles. The Hall–Kier alpha value is -2.87. The summed E-state index contributed by atoms with van der Waals surface area (Å²) in [6.07, 6.45) is 0. The monoisotopic (exact) mass is 431 g/mol. The van der Waals surface area contributed by atoms with Crippen molar-refractivity contribution in [3.8, 4) is 5.75 Å². The lowest BCUT2D eigenvalue weighted by molar-refractivity contribution is -0.140. The van der Waals surface area contributed by atoms with Crippen LogP contribution in [0.15, 0.2) is 54.1 Å². The summed E-state index contributed by atoms with van der Waals surface area (Å²) in [5, 5.41) is 20.3. The molecule has 7 nitrogen and oxygen atoms in total. The SMILES string of the molecule is COc1ccccc1C1/C(=C(/O)c2ccc(Cl)cc2)C(=O)C(=O)N1CCOCCO. The van der Waals surface area contributed by atoms with Gasteiger partial charge in [-0.1, -0.05) is 29.8 Å². The number of halogens is 1. The van der Waals surface area contributed by atoms with Crippen LogP contribution >= 0.6 is 11.6 Å². The van der Waals surface area contributed by atoms with Gasteiger partial charge in [-0.25, -0.2) is 0 Å². The van der Waals surface area contributed by atoms with Crippen LogP contribution in [0.3, 0.4) is 0 Å². The molecule has 1 aliphatic rings. The van der Waals surface area contributed by atoms with Crippen LogP contribution < -0.4 is 4.74 Å². The highest BCUT2D eigenvalue weighted by Crippen LogP contribution is 2.42. The van der Waals surface area contributed by atoms with Crippen LogP contribution in [-0.2, 0) is 14.3 Å². The van der Waals surface area contributed by atoms with Gasteiger partial charge in [0, 0.05) is 22.7 Å². The van der Waals surface area contributed by atoms with E-state index in [2.05, 4.69) is 0 Å². The summed E-state index contributed by atoms with van der Waals surface area (Å²) in [6.45, 7) is 0.199. The van der Waals surface area contributed by atoms with Gasteiger partial charge in [-0.15, -0.1) is 0 Å². The van der Waals surface area contributed by atoms with E-state index in [0.717, 1.165) is 0 Å². The summed E-state index contributed by atoms with van der Waals surface area (Å²) in [4.78, 5) is 27.1. The van der Waals surface area contributed by atoms with E-state index in [9.17, 15) is 14.7 Å². The average Bonchev–Trinajstić information content (AvgIpc) is 3.01. The van der Waals surface area contributed by atoms with Crippen molar-refractivity contribution in [2.45, 2.75) is 6.04 Å². The first-order valence-electron chi connectivity index (χ1n) is 9.35. The molecule has 2 N–H and O–H groups in total. The Morgan fingerprint density at radius 1 is 1.10 bits per heavy atom. The van der Waals surface area contributed by atoms with Crippen LogP contribution in [0.25, 0.3) is 5.76 Å². The second-order valence-corrected chi connectivity index (χ2v) is 7.01. The maximum Gasteiger partial charge on any atom is 0.295 e. The molecule has 0 radical (unpaired) electrons. The molecule has 1 amide bonds. The Morgan fingerprint density at radius 2 is 1.80 bits per heavy atom. The van der Waals surface area contributed by atoms with Crippen molar-refractivity contribution in [2.75, 3.05) is 33.5 Å². The topological polar surface area (TPSA) is 96.3 Å². The third-order valence-electron chi connectivity index (χ3n) is 4.80. The Morgan fingerprint density at radius 3 is 2.47 bits per heavy atom. The van der Waals surface area contributed by atoms with Gasteiger partial charge in [-0.05, 0) is 30.3 Å². The number of amides is 1. The minimum Gasteiger partial charge on any atom is -0.507 e. The highest BCUT2D eigenvalue weighted by atomic mass is 35.5. The molecule has 2 aromatic rings. The summed E-state index contributed by atoms with van der Waals surface area (Å²) in [5.41, 5.74) is 0.902. The number of hydrogen-bond acceptors (Lipinski definition) is 6. The first-order valence-corrected chi connectivity index (χ1v) is 9.73. The highest BCUT2D eigenvalue weighted by molar-refractivity contribution is 6.46. The van der Waals surface area contributed by atoms with Crippen molar-refractivity contribution in [1.82, 2.24) is 4.90 Å². The van der Waals surface area contributed by atoms with Gasteiger partial charge >= 0.3 is 0 Å². The third-order valence-corrected chi connectivity index (χ3v) is 5.06. The van der Waals surface area contributed by atoms with Gasteiger partial charge in [0.25, 0.3) is 11.7 Å². The number of rotatable bonds is 8. The molecule has 158 valence electrons. The Kier molecular flexibility index (Phi) is 7.10. The number of benzene rings is 2. The molecule has 1 atom stereocenters. The standard InChI is InChI=1S/C22H22ClNO6/c1-29-17-5-3-2-4-16(17)19-18(20(26)14-6-8-15(23)9-7-14)21(27)22(28)24(19)10-12-30-13-11-25/h2-9,19,25-26H,10-13H2,1H3/b20-18-. The van der Waals surface area contributed by atoms with Gasteiger partial charge in [0.1, 0.15) is 11.5 Å². The van der Waals surface area contributed by atoms with Crippen LogP contribution in [0.2, 0.25) is 5.02 Å². The molecule has 30 heavy (non-hydrogen) atoms. The fraction of sp³-hybridized carbons (Fsp3) is 0.273. The smallest absolute Gasteiger partial charge is 0.295 e. The van der Waals surface area contributed by atoms with Crippen molar-refractivity contribution < 1.29 is 29.3 Å². The van der Waals surface area contributed by atoms with E-state index in [1.54, 1.807) is 48.5 Å². The quantitative estimate of drug-likeness (QED) is 0.289. The Bertz CT molecular complexity index is 956. The summed E-state index contributed by atoms with van der Waals surface area (Å²) >= 11 is 5.92. The van der Waals surface area contributed by atoms with Gasteiger partial charge in [0.05, 0.1) is 38.5 Å². The van der Waals surface area contributed by atoms with Crippen molar-refractivity contribution in [3.05, 3.63) is 70.3 Å². The minimum absolute atomic E-state index is 0.0334. The summed E-state index contributed by atoms with van der Waals surface area (Å²) in [7, 11) is 1.49. The lowest BCUT2D eigenvalue weighted by atomic mass is 9.94. The zero-order chi connectivity index (χ0) is 21.7. The molecular weight excluding hydrogens is 410 g/mol. The van der Waals surface area contributed by atoms with Gasteiger partial charge in [0.2, 0.25) is 0 Å². The number of aliphatic hydroxyl groups excluding tert-OH is 2. The first kappa shape index (κ1) is 21.8. The molecule has 1 aliphatic heterocycles. The van der Waals surface area contributed by atoms with Gasteiger partial charge in [0.15, 0.2) is 0 Å². The van der Waals surface area contributed by atoms with Crippen LogP contribution in [0.1, 0.15) is 17.2 Å². The molecule has 1 unspecified atom stereocenters. The minimum atomic E-state index is -0.852. The van der Waals surface area contributed by atoms with Crippen LogP contribution in [0, 0.1) is 0 Å². The summed E-state index contributed by atoms with van der Waals surface area (Å²) < 4.78 is 10.7. The zero-order valence-corrected chi connectivity index (χ0v) is 17.1. The van der Waals surface area contributed by atoms with Crippen molar-refractivity contribution in [1.29, 1.82) is 0 Å². The molecular formula is C22H22ClNO6. The third kappa shape index (κ3) is 4.33. The number of methoxy groups -OCH3 is 1. The Labute approximate surface area is 179 Å². The maximum absolute atomic E-state index is 12.9. The summed E-state index contributed by atoms with van der Waals surface area (Å²) in [6, 6.07) is 12.5. The normalized spacial score (nSPS) is 18.1. The van der Waals surface area contributed by atoms with E-state index in [1.807, 2.05) is 0 Å². The number of likely N-dealkylation sites (tertiary alicyclic amines) is 1. The van der Waals surface area contributed by atoms with Crippen molar-refractivity contribution in [2.24, 2.45) is 0 Å². The van der Waals surface area contributed by atoms with Gasteiger partial charge < -0.3 is 24.6 Å². The zero-order valence-electron chi connectivity index (χ0n) is 16.4. The van der Waals surface area contributed by atoms with Crippen molar-refractivity contribution in [3.63, 3.8) is 0 Å². The number of ketones is 1. The van der Waals surface area contributed by atoms with Gasteiger partial charge in [-0.3, -0.25) is 9.59 Å². The van der Waals surface area contributed by atoms with E-state index in [1.165, 1.54) is 12.0 Å². The second kappa shape index (κ2) is 9.75. The van der Waals surface area contributed by atoms with E-state index in [-0.39, 0.29) is 37.7 Å². The predicted molar refractivity (Wildman–Crippen MR) is 111 cm³/mol. The summed E-state index contributed by atoms with van der Waals surface area (Å²) in [5.74, 6) is -1.35. The molecule has 0 spiro atoms. The molecule has 8 heteroatoms. The number of carbonyl (C=O) groups is 2. The highest BCUT2D eigenvalue weighted by Gasteiger charge is 2.46. The lowest BCUT2D eigenvalue weighted by Gasteiger charge is -2.26. The molecule has 1 fully saturated rings. The van der Waals surface area contributed by atoms with Crippen LogP contribution in [-0.4, -0.2) is 60.3 Å². The molecule has 1 saturated heterocycles. The van der Waals surface area contributed by atoms with Crippen LogP contribution in [0.5, 0.6) is 5.75 Å². The predicted octanol–water partition coefficient (Wildman–Crippen LogP) is 2.78. The lowest BCUT2D eigenvalue weighted by Crippen LogP contribution is -2.33. The average molecular weight is 432 g/mol. The van der Waals surface area contributed by atoms with E-state index < -0.39 is 17.7 Å². The number of nitrogens with zero attached hydrogens (tertiary/aromatic N) is 1. The molecule has 0 aromatic heterocycles. The number of para-hydroxylation sites is 1. The molecule has 0 bridgehead atoms. The molecule has 2 aromatic carbocycles. The Balaban J connectivity index is 2.11. The molecule has 0 saturated carbocycles. The van der Waals surface area contributed by atoms with Crippen molar-refractivity contribution >= 4 is 29.1 Å². The van der Waals surface area contributed by atoms with Gasteiger partial charge in [-0.2, -0.15) is 0 Å². The number of Topliss-reactive ketones (excluding diaryl/α,β-unsaturated/α-hetero) is 1. The number of hydrogen-bond donors (Lipinski definition) is 2. The maximum atomic E-state index is 12.9. The fourth-order valence-corrected chi connectivity index (χ4v) is 3.55. The molecule has 0 aliphatic carbocycles. The molecule has 3 rings (SSSR count). The fourth-order valence-electron chi connectivity index (χ4n) is 3.42.